The summed E-state index contributed by atoms with van der Waals surface area (Å²) in [5, 5.41) is 8.93. The van der Waals surface area contributed by atoms with Crippen LogP contribution in [-0.4, -0.2) is 75.1 Å². The second-order valence-electron chi connectivity index (χ2n) is 7.76. The Balaban J connectivity index is 1.88. The van der Waals surface area contributed by atoms with E-state index in [0.29, 0.717) is 26.1 Å². The number of hydrogen-bond acceptors (Lipinski definition) is 6. The minimum Gasteiger partial charge on any atom is -0.497 e. The molecule has 0 aliphatic carbocycles. The highest BCUT2D eigenvalue weighted by Gasteiger charge is 2.34. The minimum atomic E-state index is -0.313. The van der Waals surface area contributed by atoms with Gasteiger partial charge in [0.1, 0.15) is 18.0 Å². The molecule has 0 fully saturated rings. The fourth-order valence-electron chi connectivity index (χ4n) is 3.74. The van der Waals surface area contributed by atoms with Gasteiger partial charge in [-0.05, 0) is 54.4 Å². The molecule has 3 rings (SSSR count). The first kappa shape index (κ1) is 25.0. The molecule has 1 N–H and O–H groups in total. The third kappa shape index (κ3) is 6.05. The number of methoxy groups -OCH3 is 3. The average molecular weight is 469 g/mol. The van der Waals surface area contributed by atoms with Crippen LogP contribution in [0, 0.1) is 0 Å². The molecular weight excluding hydrogens is 436 g/mol. The molecule has 0 bridgehead atoms. The van der Waals surface area contributed by atoms with Crippen molar-refractivity contribution in [2.45, 2.75) is 19.4 Å². The summed E-state index contributed by atoms with van der Waals surface area (Å²) in [4.78, 5) is 27.4. The first-order chi connectivity index (χ1) is 16.5. The lowest BCUT2D eigenvalue weighted by molar-refractivity contribution is -0.133. The number of ether oxygens (including phenoxy) is 3. The normalized spacial score (nSPS) is 15.0. The lowest BCUT2D eigenvalue weighted by Gasteiger charge is -2.27. The molecule has 3 amide bonds. The van der Waals surface area contributed by atoms with Crippen molar-refractivity contribution in [1.82, 2.24) is 15.2 Å². The van der Waals surface area contributed by atoms with Crippen molar-refractivity contribution in [3.05, 3.63) is 59.7 Å². The molecule has 2 aromatic rings. The number of carbonyl (C=O) groups is 2. The molecule has 0 aromatic heterocycles. The van der Waals surface area contributed by atoms with E-state index in [0.717, 1.165) is 28.3 Å². The molecule has 0 saturated carbocycles. The Morgan fingerprint density at radius 2 is 1.65 bits per heavy atom. The summed E-state index contributed by atoms with van der Waals surface area (Å²) in [6, 6.07) is 14.6. The lowest BCUT2D eigenvalue weighted by atomic mass is 9.98. The molecule has 34 heavy (non-hydrogen) atoms. The van der Waals surface area contributed by atoms with Crippen molar-refractivity contribution in [3.8, 4) is 11.5 Å². The number of hydrogen-bond donors (Lipinski definition) is 1. The number of nitrogens with zero attached hydrogens (tertiary/aromatic N) is 3. The van der Waals surface area contributed by atoms with Crippen LogP contribution < -0.4 is 14.8 Å². The number of amides is 3. The summed E-state index contributed by atoms with van der Waals surface area (Å²) in [6.45, 7) is 2.81. The van der Waals surface area contributed by atoms with Gasteiger partial charge in [-0.25, -0.2) is 9.80 Å². The Labute approximate surface area is 200 Å². The molecule has 1 aliphatic rings. The van der Waals surface area contributed by atoms with E-state index in [9.17, 15) is 9.59 Å². The summed E-state index contributed by atoms with van der Waals surface area (Å²) in [6.07, 6.45) is 0.545. The van der Waals surface area contributed by atoms with Crippen LogP contribution in [-0.2, 0) is 9.53 Å². The molecule has 1 aliphatic heterocycles. The number of rotatable bonds is 10. The number of hydrazone groups is 1. The van der Waals surface area contributed by atoms with Gasteiger partial charge in [-0.1, -0.05) is 12.1 Å². The molecule has 1 heterocycles. The van der Waals surface area contributed by atoms with Crippen molar-refractivity contribution in [3.63, 3.8) is 0 Å². The first-order valence-electron chi connectivity index (χ1n) is 11.2. The van der Waals surface area contributed by atoms with Crippen molar-refractivity contribution in [1.29, 1.82) is 0 Å². The molecule has 2 aromatic carbocycles. The molecule has 9 nitrogen and oxygen atoms in total. The second kappa shape index (κ2) is 12.0. The highest BCUT2D eigenvalue weighted by molar-refractivity contribution is 6.03. The van der Waals surface area contributed by atoms with E-state index >= 15 is 0 Å². The summed E-state index contributed by atoms with van der Waals surface area (Å²) in [5.74, 6) is 1.21. The topological polar surface area (TPSA) is 92.7 Å². The van der Waals surface area contributed by atoms with Crippen LogP contribution in [0.1, 0.15) is 30.5 Å². The van der Waals surface area contributed by atoms with E-state index in [1.165, 1.54) is 9.91 Å². The van der Waals surface area contributed by atoms with Gasteiger partial charge in [0.25, 0.3) is 5.91 Å². The van der Waals surface area contributed by atoms with Gasteiger partial charge < -0.3 is 24.4 Å². The van der Waals surface area contributed by atoms with Gasteiger partial charge >= 0.3 is 6.03 Å². The van der Waals surface area contributed by atoms with Crippen molar-refractivity contribution in [2.75, 3.05) is 47.6 Å². The fraction of sp³-hybridized carbons (Fsp3) is 0.400. The van der Waals surface area contributed by atoms with Gasteiger partial charge in [0.15, 0.2) is 0 Å². The standard InChI is InChI=1S/C25H32N4O5/c1-5-26-25(31)28(14-15-32-2)17-24(30)29-23(19-8-12-21(34-4)13-9-19)16-22(27-29)18-6-10-20(33-3)11-7-18/h6-13,23H,5,14-17H2,1-4H3,(H,26,31). The molecule has 1 unspecified atom stereocenters. The summed E-state index contributed by atoms with van der Waals surface area (Å²) < 4.78 is 15.6. The van der Waals surface area contributed by atoms with E-state index in [1.807, 2.05) is 55.5 Å². The molecule has 0 saturated heterocycles. The zero-order chi connectivity index (χ0) is 24.5. The van der Waals surface area contributed by atoms with E-state index in [-0.39, 0.29) is 24.5 Å². The van der Waals surface area contributed by atoms with Crippen LogP contribution in [0.4, 0.5) is 4.79 Å². The average Bonchev–Trinajstić information content (AvgIpc) is 3.32. The summed E-state index contributed by atoms with van der Waals surface area (Å²) in [7, 11) is 4.79. The fourth-order valence-corrected chi connectivity index (χ4v) is 3.74. The maximum Gasteiger partial charge on any atom is 0.317 e. The zero-order valence-corrected chi connectivity index (χ0v) is 20.1. The zero-order valence-electron chi connectivity index (χ0n) is 20.1. The second-order valence-corrected chi connectivity index (χ2v) is 7.76. The predicted octanol–water partition coefficient (Wildman–Crippen LogP) is 3.06. The number of carbonyl (C=O) groups excluding carboxylic acids is 2. The van der Waals surface area contributed by atoms with Gasteiger partial charge in [-0.3, -0.25) is 4.79 Å². The van der Waals surface area contributed by atoms with Gasteiger partial charge in [-0.2, -0.15) is 5.10 Å². The van der Waals surface area contributed by atoms with Crippen LogP contribution in [0.2, 0.25) is 0 Å². The maximum atomic E-state index is 13.4. The Kier molecular flexibility index (Phi) is 8.86. The Morgan fingerprint density at radius 3 is 2.21 bits per heavy atom. The van der Waals surface area contributed by atoms with Gasteiger partial charge in [0.05, 0.1) is 32.6 Å². The van der Waals surface area contributed by atoms with Crippen LogP contribution in [0.25, 0.3) is 0 Å². The van der Waals surface area contributed by atoms with Crippen LogP contribution in [0.5, 0.6) is 11.5 Å². The molecule has 0 spiro atoms. The SMILES string of the molecule is CCNC(=O)N(CCOC)CC(=O)N1N=C(c2ccc(OC)cc2)CC1c1ccc(OC)cc1. The van der Waals surface area contributed by atoms with E-state index in [2.05, 4.69) is 5.32 Å². The van der Waals surface area contributed by atoms with E-state index in [4.69, 9.17) is 19.3 Å². The molecule has 0 radical (unpaired) electrons. The Morgan fingerprint density at radius 1 is 1.03 bits per heavy atom. The van der Waals surface area contributed by atoms with Gasteiger partial charge in [-0.15, -0.1) is 0 Å². The van der Waals surface area contributed by atoms with Crippen LogP contribution in [0.3, 0.4) is 0 Å². The predicted molar refractivity (Wildman–Crippen MR) is 129 cm³/mol. The molecular formula is C25H32N4O5. The highest BCUT2D eigenvalue weighted by Crippen LogP contribution is 2.34. The Hall–Kier alpha value is -3.59. The summed E-state index contributed by atoms with van der Waals surface area (Å²) >= 11 is 0. The first-order valence-corrected chi connectivity index (χ1v) is 11.2. The van der Waals surface area contributed by atoms with Gasteiger partial charge in [0, 0.05) is 26.6 Å². The van der Waals surface area contributed by atoms with Crippen LogP contribution >= 0.6 is 0 Å². The molecule has 182 valence electrons. The largest absolute Gasteiger partial charge is 0.497 e. The third-order valence-corrected chi connectivity index (χ3v) is 5.60. The smallest absolute Gasteiger partial charge is 0.317 e. The minimum absolute atomic E-state index is 0.110. The van der Waals surface area contributed by atoms with Crippen molar-refractivity contribution >= 4 is 17.6 Å². The quantitative estimate of drug-likeness (QED) is 0.579. The van der Waals surface area contributed by atoms with Crippen molar-refractivity contribution < 1.29 is 23.8 Å². The van der Waals surface area contributed by atoms with Crippen LogP contribution in [0.15, 0.2) is 53.6 Å². The van der Waals surface area contributed by atoms with E-state index < -0.39 is 0 Å². The Bertz CT molecular complexity index is 991. The lowest BCUT2D eigenvalue weighted by Crippen LogP contribution is -2.47. The van der Waals surface area contributed by atoms with Crippen molar-refractivity contribution in [2.24, 2.45) is 5.10 Å². The molecule has 9 heteroatoms. The highest BCUT2D eigenvalue weighted by atomic mass is 16.5. The van der Waals surface area contributed by atoms with Gasteiger partial charge in [0.2, 0.25) is 0 Å². The number of urea groups is 1. The number of benzene rings is 2. The molecule has 1 atom stereocenters. The third-order valence-electron chi connectivity index (χ3n) is 5.60. The monoisotopic (exact) mass is 468 g/mol. The number of nitrogens with one attached hydrogen (secondary N) is 1. The van der Waals surface area contributed by atoms with E-state index in [1.54, 1.807) is 21.3 Å². The summed E-state index contributed by atoms with van der Waals surface area (Å²) in [5.41, 5.74) is 2.63. The maximum absolute atomic E-state index is 13.4.